The van der Waals surface area contributed by atoms with Gasteiger partial charge in [-0.2, -0.15) is 0 Å². The fourth-order valence-corrected chi connectivity index (χ4v) is 3.87. The van der Waals surface area contributed by atoms with Crippen LogP contribution in [-0.2, 0) is 16.0 Å². The summed E-state index contributed by atoms with van der Waals surface area (Å²) in [7, 11) is 1.38. The maximum atomic E-state index is 12.4. The highest BCUT2D eigenvalue weighted by Gasteiger charge is 2.43. The number of fused-ring (bicyclic) bond motifs is 3. The molecule has 7 nitrogen and oxygen atoms in total. The van der Waals surface area contributed by atoms with Gasteiger partial charge >= 0.3 is 5.97 Å². The van der Waals surface area contributed by atoms with Gasteiger partial charge in [0.2, 0.25) is 5.84 Å². The van der Waals surface area contributed by atoms with E-state index < -0.39 is 5.97 Å². The number of hydrazone groups is 1. The van der Waals surface area contributed by atoms with Crippen LogP contribution in [0.1, 0.15) is 31.1 Å². The lowest BCUT2D eigenvalue weighted by atomic mass is 9.95. The summed E-state index contributed by atoms with van der Waals surface area (Å²) in [6.45, 7) is 5.68. The Labute approximate surface area is 170 Å². The number of amidine groups is 1. The number of hydrogen-bond donors (Lipinski definition) is 0. The molecule has 29 heavy (non-hydrogen) atoms. The third-order valence-electron chi connectivity index (χ3n) is 5.10. The van der Waals surface area contributed by atoms with E-state index in [9.17, 15) is 4.79 Å². The Bertz CT molecular complexity index is 929. The van der Waals surface area contributed by atoms with Crippen LogP contribution in [0.2, 0.25) is 0 Å². The van der Waals surface area contributed by atoms with Crippen molar-refractivity contribution in [3.63, 3.8) is 0 Å². The number of ether oxygens (including phenoxy) is 3. The molecule has 0 bridgehead atoms. The lowest BCUT2D eigenvalue weighted by Gasteiger charge is -2.37. The van der Waals surface area contributed by atoms with E-state index in [2.05, 4.69) is 11.2 Å². The van der Waals surface area contributed by atoms with E-state index in [1.807, 2.05) is 60.2 Å². The quantitative estimate of drug-likeness (QED) is 0.699. The Morgan fingerprint density at radius 3 is 2.45 bits per heavy atom. The Balaban J connectivity index is 1.82. The van der Waals surface area contributed by atoms with Crippen LogP contribution in [0.3, 0.4) is 0 Å². The third-order valence-corrected chi connectivity index (χ3v) is 5.10. The molecular formula is C22H25N3O4. The van der Waals surface area contributed by atoms with Crippen LogP contribution in [0.4, 0.5) is 5.69 Å². The summed E-state index contributed by atoms with van der Waals surface area (Å²) in [6, 6.07) is 13.9. The maximum Gasteiger partial charge on any atom is 0.375 e. The smallest absolute Gasteiger partial charge is 0.375 e. The molecule has 0 saturated heterocycles. The molecule has 1 atom stereocenters. The molecule has 7 heteroatoms. The lowest BCUT2D eigenvalue weighted by molar-refractivity contribution is -0.133. The summed E-state index contributed by atoms with van der Waals surface area (Å²) >= 11 is 0. The van der Waals surface area contributed by atoms with Crippen LogP contribution in [-0.4, -0.2) is 43.6 Å². The molecule has 1 unspecified atom stereocenters. The Hall–Kier alpha value is -3.22. The number of carbonyl (C=O) groups is 1. The van der Waals surface area contributed by atoms with Crippen molar-refractivity contribution >= 4 is 17.5 Å². The summed E-state index contributed by atoms with van der Waals surface area (Å²) in [5.41, 5.74) is 3.12. The normalized spacial score (nSPS) is 17.3. The molecule has 0 saturated carbocycles. The second-order valence-corrected chi connectivity index (χ2v) is 6.78. The first-order valence-corrected chi connectivity index (χ1v) is 9.88. The topological polar surface area (TPSA) is 63.6 Å². The number of methoxy groups -OCH3 is 1. The molecule has 2 aromatic carbocycles. The summed E-state index contributed by atoms with van der Waals surface area (Å²) in [4.78, 5) is 14.4. The highest BCUT2D eigenvalue weighted by Crippen LogP contribution is 2.44. The van der Waals surface area contributed by atoms with E-state index >= 15 is 0 Å². The molecule has 152 valence electrons. The molecule has 0 radical (unpaired) electrons. The standard InChI is InChI=1S/C22H25N3O4/c1-4-28-18-13-15-11-12-24-20(22(26)27-3)23-25(16-9-7-6-8-10-16)21(24)17(15)14-19(18)29-5-2/h6-10,13-14,21H,4-5,11-12H2,1-3H3. The third kappa shape index (κ3) is 3.37. The highest BCUT2D eigenvalue weighted by molar-refractivity contribution is 6.36. The van der Waals surface area contributed by atoms with Gasteiger partial charge in [-0.3, -0.25) is 0 Å². The van der Waals surface area contributed by atoms with E-state index in [4.69, 9.17) is 14.2 Å². The minimum atomic E-state index is -0.437. The average molecular weight is 395 g/mol. The van der Waals surface area contributed by atoms with Gasteiger partial charge in [-0.25, -0.2) is 9.80 Å². The average Bonchev–Trinajstić information content (AvgIpc) is 3.15. The molecular weight excluding hydrogens is 370 g/mol. The summed E-state index contributed by atoms with van der Waals surface area (Å²) in [5.74, 6) is 1.33. The number of carbonyl (C=O) groups excluding carboxylic acids is 1. The zero-order valence-corrected chi connectivity index (χ0v) is 16.9. The molecule has 0 N–H and O–H groups in total. The number of para-hydroxylation sites is 1. The highest BCUT2D eigenvalue weighted by atomic mass is 16.5. The van der Waals surface area contributed by atoms with Gasteiger partial charge in [0.15, 0.2) is 17.7 Å². The van der Waals surface area contributed by atoms with E-state index in [1.54, 1.807) is 0 Å². The molecule has 2 heterocycles. The molecule has 4 rings (SSSR count). The van der Waals surface area contributed by atoms with Gasteiger partial charge < -0.3 is 19.1 Å². The Morgan fingerprint density at radius 2 is 1.79 bits per heavy atom. The van der Waals surface area contributed by atoms with Crippen molar-refractivity contribution in [1.82, 2.24) is 4.90 Å². The second kappa shape index (κ2) is 8.03. The summed E-state index contributed by atoms with van der Waals surface area (Å²) in [5, 5.41) is 6.51. The number of esters is 1. The first kappa shape index (κ1) is 19.1. The van der Waals surface area contributed by atoms with Crippen molar-refractivity contribution in [2.75, 3.05) is 31.9 Å². The molecule has 0 amide bonds. The van der Waals surface area contributed by atoms with Gasteiger partial charge in [-0.05, 0) is 50.1 Å². The molecule has 2 aliphatic heterocycles. The monoisotopic (exact) mass is 395 g/mol. The Morgan fingerprint density at radius 1 is 1.10 bits per heavy atom. The van der Waals surface area contributed by atoms with E-state index in [-0.39, 0.29) is 6.17 Å². The number of hydrogen-bond acceptors (Lipinski definition) is 7. The van der Waals surface area contributed by atoms with Gasteiger partial charge in [0.05, 0.1) is 26.0 Å². The van der Waals surface area contributed by atoms with Crippen molar-refractivity contribution in [3.05, 3.63) is 53.6 Å². The van der Waals surface area contributed by atoms with Crippen LogP contribution in [0, 0.1) is 0 Å². The van der Waals surface area contributed by atoms with E-state index in [0.717, 1.165) is 23.4 Å². The first-order valence-electron chi connectivity index (χ1n) is 9.88. The predicted molar refractivity (Wildman–Crippen MR) is 110 cm³/mol. The molecule has 2 aliphatic rings. The predicted octanol–water partition coefficient (Wildman–Crippen LogP) is 3.35. The molecule has 0 aliphatic carbocycles. The number of benzene rings is 2. The zero-order valence-electron chi connectivity index (χ0n) is 16.9. The van der Waals surface area contributed by atoms with Crippen LogP contribution in [0.5, 0.6) is 11.5 Å². The van der Waals surface area contributed by atoms with Gasteiger partial charge in [-0.1, -0.05) is 18.2 Å². The maximum absolute atomic E-state index is 12.4. The van der Waals surface area contributed by atoms with E-state index in [1.165, 1.54) is 12.7 Å². The largest absolute Gasteiger partial charge is 0.490 e. The summed E-state index contributed by atoms with van der Waals surface area (Å²) < 4.78 is 16.6. The van der Waals surface area contributed by atoms with Gasteiger partial charge in [0, 0.05) is 12.1 Å². The van der Waals surface area contributed by atoms with Crippen LogP contribution in [0.15, 0.2) is 47.6 Å². The van der Waals surface area contributed by atoms with Crippen molar-refractivity contribution in [2.24, 2.45) is 5.10 Å². The summed E-state index contributed by atoms with van der Waals surface area (Å²) in [6.07, 6.45) is 0.530. The van der Waals surface area contributed by atoms with Gasteiger partial charge in [-0.15, -0.1) is 5.10 Å². The second-order valence-electron chi connectivity index (χ2n) is 6.78. The van der Waals surface area contributed by atoms with Crippen molar-refractivity contribution in [1.29, 1.82) is 0 Å². The van der Waals surface area contributed by atoms with Crippen LogP contribution < -0.4 is 14.5 Å². The van der Waals surface area contributed by atoms with Gasteiger partial charge in [0.25, 0.3) is 0 Å². The minimum absolute atomic E-state index is 0.245. The molecule has 2 aromatic rings. The van der Waals surface area contributed by atoms with Crippen molar-refractivity contribution < 1.29 is 19.0 Å². The lowest BCUT2D eigenvalue weighted by Crippen LogP contribution is -2.43. The first-order chi connectivity index (χ1) is 14.2. The molecule has 0 aromatic heterocycles. The van der Waals surface area contributed by atoms with E-state index in [0.29, 0.717) is 31.3 Å². The van der Waals surface area contributed by atoms with Crippen LogP contribution in [0.25, 0.3) is 0 Å². The number of rotatable bonds is 6. The minimum Gasteiger partial charge on any atom is -0.490 e. The SMILES string of the molecule is CCOc1cc2c(cc1OCC)C1N(CC2)C(C(=O)OC)=NN1c1ccccc1. The fraction of sp³-hybridized carbons (Fsp3) is 0.364. The van der Waals surface area contributed by atoms with Crippen molar-refractivity contribution in [3.8, 4) is 11.5 Å². The van der Waals surface area contributed by atoms with Crippen molar-refractivity contribution in [2.45, 2.75) is 26.4 Å². The zero-order chi connectivity index (χ0) is 20.4. The fourth-order valence-electron chi connectivity index (χ4n) is 3.87. The molecule has 0 fully saturated rings. The number of anilines is 1. The molecule has 0 spiro atoms. The van der Waals surface area contributed by atoms with Gasteiger partial charge in [0.1, 0.15) is 0 Å². The Kier molecular flexibility index (Phi) is 5.29. The number of nitrogens with zero attached hydrogens (tertiary/aromatic N) is 3. The van der Waals surface area contributed by atoms with Crippen LogP contribution >= 0.6 is 0 Å².